The number of rotatable bonds is 10. The van der Waals surface area contributed by atoms with Crippen molar-refractivity contribution in [3.05, 3.63) is 88.6 Å². The Morgan fingerprint density at radius 2 is 1.79 bits per heavy atom. The number of carbonyl (C=O) groups excluding carboxylic acids is 1. The summed E-state index contributed by atoms with van der Waals surface area (Å²) in [5.41, 5.74) is 4.05. The van der Waals surface area contributed by atoms with E-state index in [-0.39, 0.29) is 24.6 Å². The molecule has 2 atom stereocenters. The first kappa shape index (κ1) is 35.4. The molecule has 276 valence electrons. The average molecular weight is 735 g/mol. The Morgan fingerprint density at radius 3 is 2.55 bits per heavy atom. The minimum Gasteiger partial charge on any atom is -0.461 e. The molecule has 11 nitrogen and oxygen atoms in total. The summed E-state index contributed by atoms with van der Waals surface area (Å²) in [6.45, 7) is 5.64. The number of halogens is 1. The van der Waals surface area contributed by atoms with Crippen LogP contribution < -0.4 is 14.5 Å². The topological polar surface area (TPSA) is 101 Å². The molecule has 1 aliphatic carbocycles. The van der Waals surface area contributed by atoms with Crippen molar-refractivity contribution >= 4 is 40.0 Å². The Hall–Kier alpha value is -4.63. The Morgan fingerprint density at radius 1 is 0.981 bits per heavy atom. The van der Waals surface area contributed by atoms with Gasteiger partial charge in [-0.3, -0.25) is 4.90 Å². The van der Waals surface area contributed by atoms with Crippen LogP contribution in [-0.4, -0.2) is 108 Å². The fourth-order valence-electron chi connectivity index (χ4n) is 8.32. The number of aromatic nitrogens is 2. The molecule has 0 N–H and O–H groups in total. The van der Waals surface area contributed by atoms with E-state index in [9.17, 15) is 10.1 Å². The van der Waals surface area contributed by atoms with Gasteiger partial charge in [-0.05, 0) is 62.9 Å². The van der Waals surface area contributed by atoms with Gasteiger partial charge in [-0.2, -0.15) is 15.2 Å². The number of anilines is 2. The molecule has 3 aromatic carbocycles. The molecule has 2 saturated heterocycles. The largest absolute Gasteiger partial charge is 0.461 e. The monoisotopic (exact) mass is 734 g/mol. The van der Waals surface area contributed by atoms with Crippen LogP contribution in [0.25, 0.3) is 10.8 Å². The Kier molecular flexibility index (Phi) is 10.0. The molecular weight excluding hydrogens is 688 g/mol. The molecule has 1 amide bonds. The number of fused-ring (bicyclic) bond motifs is 2. The molecule has 0 radical (unpaired) electrons. The van der Waals surface area contributed by atoms with Crippen molar-refractivity contribution in [2.45, 2.75) is 62.9 Å². The molecule has 1 aromatic heterocycles. The molecule has 53 heavy (non-hydrogen) atoms. The third-order valence-corrected chi connectivity index (χ3v) is 11.9. The third kappa shape index (κ3) is 7.33. The number of carbonyl (C=O) groups is 1. The van der Waals surface area contributed by atoms with E-state index in [2.05, 4.69) is 64.0 Å². The lowest BCUT2D eigenvalue weighted by Crippen LogP contribution is -2.55. The van der Waals surface area contributed by atoms with Crippen molar-refractivity contribution in [2.75, 3.05) is 69.8 Å². The lowest BCUT2D eigenvalue weighted by atomic mass is 10.0. The smallest absolute Gasteiger partial charge is 0.410 e. The highest BCUT2D eigenvalue weighted by Crippen LogP contribution is 2.44. The summed E-state index contributed by atoms with van der Waals surface area (Å²) in [7, 11) is 4.33. The molecule has 1 unspecified atom stereocenters. The van der Waals surface area contributed by atoms with Gasteiger partial charge in [0.2, 0.25) is 0 Å². The van der Waals surface area contributed by atoms with Gasteiger partial charge < -0.3 is 29.1 Å². The fourth-order valence-corrected chi connectivity index (χ4v) is 8.60. The minimum absolute atomic E-state index is 0.0273. The van der Waals surface area contributed by atoms with Gasteiger partial charge in [0.1, 0.15) is 19.0 Å². The van der Waals surface area contributed by atoms with E-state index in [1.54, 1.807) is 4.90 Å². The van der Waals surface area contributed by atoms with Crippen LogP contribution in [0.1, 0.15) is 42.5 Å². The molecular formula is C41H47ClN8O3. The number of nitrogens with zero attached hydrogens (tertiary/aromatic N) is 8. The van der Waals surface area contributed by atoms with Crippen LogP contribution in [0, 0.1) is 11.3 Å². The van der Waals surface area contributed by atoms with E-state index >= 15 is 0 Å². The molecule has 0 bridgehead atoms. The highest BCUT2D eigenvalue weighted by atomic mass is 35.5. The second kappa shape index (κ2) is 15.0. The normalized spacial score (nSPS) is 21.1. The highest BCUT2D eigenvalue weighted by Gasteiger charge is 2.51. The molecule has 12 heteroatoms. The maximum Gasteiger partial charge on any atom is 0.410 e. The molecule has 0 spiro atoms. The maximum absolute atomic E-state index is 13.3. The summed E-state index contributed by atoms with van der Waals surface area (Å²) in [5.74, 6) is 0.833. The predicted octanol–water partition coefficient (Wildman–Crippen LogP) is 6.13. The van der Waals surface area contributed by atoms with Crippen molar-refractivity contribution in [1.82, 2.24) is 24.7 Å². The number of nitriles is 1. The standard InChI is InChI=1S/C41H47ClN8O3/c1-46(2)31-15-21-49(25-31)41(17-18-41)28-53-39-44-35-26-47(36-13-7-11-30-10-6-12-34(42)37(30)36)20-16-33(35)38(45-39)48-22-23-50(32(24-48)14-19-43)40(51)52-27-29-8-4-3-5-9-29/h3-13,31-32H,14-18,20-28H2,1-2H3/t31?,32-/m0/s1. The van der Waals surface area contributed by atoms with Crippen LogP contribution in [0.3, 0.4) is 0 Å². The number of piperazine rings is 1. The second-order valence-corrected chi connectivity index (χ2v) is 15.5. The van der Waals surface area contributed by atoms with Crippen molar-refractivity contribution in [2.24, 2.45) is 0 Å². The van der Waals surface area contributed by atoms with Gasteiger partial charge in [0, 0.05) is 61.9 Å². The first-order valence-electron chi connectivity index (χ1n) is 18.8. The maximum atomic E-state index is 13.3. The van der Waals surface area contributed by atoms with E-state index in [0.717, 1.165) is 89.4 Å². The number of likely N-dealkylation sites (tertiary alicyclic amines) is 1. The summed E-state index contributed by atoms with van der Waals surface area (Å²) in [4.78, 5) is 34.8. The SMILES string of the molecule is CN(C)C1CCN(C2(COc3nc4c(c(N5CCN(C(=O)OCc6ccccc6)[C@@H](CC#N)C5)n3)CCN(c3cccc5cccc(Cl)c35)C4)CC2)C1. The lowest BCUT2D eigenvalue weighted by molar-refractivity contribution is 0.0767. The van der Waals surface area contributed by atoms with Crippen molar-refractivity contribution in [1.29, 1.82) is 5.26 Å². The summed E-state index contributed by atoms with van der Waals surface area (Å²) >= 11 is 6.78. The Bertz CT molecular complexity index is 2000. The zero-order valence-electron chi connectivity index (χ0n) is 30.6. The fraction of sp³-hybridized carbons (Fsp3) is 0.463. The van der Waals surface area contributed by atoms with Gasteiger partial charge in [0.15, 0.2) is 0 Å². The van der Waals surface area contributed by atoms with Crippen molar-refractivity contribution in [3.63, 3.8) is 0 Å². The van der Waals surface area contributed by atoms with Gasteiger partial charge in [0.25, 0.3) is 0 Å². The lowest BCUT2D eigenvalue weighted by Gasteiger charge is -2.42. The number of likely N-dealkylation sites (N-methyl/N-ethyl adjacent to an activating group) is 1. The van der Waals surface area contributed by atoms with Gasteiger partial charge in [0.05, 0.1) is 41.3 Å². The molecule has 1 saturated carbocycles. The van der Waals surface area contributed by atoms with E-state index in [0.29, 0.717) is 44.8 Å². The first-order chi connectivity index (χ1) is 25.8. The molecule has 4 aliphatic rings. The quantitative estimate of drug-likeness (QED) is 0.189. The zero-order valence-corrected chi connectivity index (χ0v) is 31.3. The van der Waals surface area contributed by atoms with Gasteiger partial charge in [-0.1, -0.05) is 66.2 Å². The van der Waals surface area contributed by atoms with E-state index in [1.807, 2.05) is 42.5 Å². The Labute approximate surface area is 316 Å². The van der Waals surface area contributed by atoms with Crippen LogP contribution in [0.4, 0.5) is 16.3 Å². The van der Waals surface area contributed by atoms with E-state index in [4.69, 9.17) is 31.0 Å². The summed E-state index contributed by atoms with van der Waals surface area (Å²) in [6, 6.07) is 24.9. The average Bonchev–Trinajstić information content (AvgIpc) is 3.80. The van der Waals surface area contributed by atoms with Gasteiger partial charge in [-0.25, -0.2) is 4.79 Å². The summed E-state index contributed by atoms with van der Waals surface area (Å²) < 4.78 is 12.3. The summed E-state index contributed by atoms with van der Waals surface area (Å²) in [6.07, 6.45) is 3.91. The third-order valence-electron chi connectivity index (χ3n) is 11.6. The number of ether oxygens (including phenoxy) is 2. The first-order valence-corrected chi connectivity index (χ1v) is 19.2. The number of amides is 1. The molecule has 8 rings (SSSR count). The molecule has 4 aromatic rings. The number of benzene rings is 3. The van der Waals surface area contributed by atoms with Crippen molar-refractivity contribution < 1.29 is 14.3 Å². The van der Waals surface area contributed by atoms with E-state index < -0.39 is 6.09 Å². The van der Waals surface area contributed by atoms with Crippen LogP contribution in [0.2, 0.25) is 5.02 Å². The predicted molar refractivity (Wildman–Crippen MR) is 206 cm³/mol. The highest BCUT2D eigenvalue weighted by molar-refractivity contribution is 6.36. The minimum atomic E-state index is -0.403. The van der Waals surface area contributed by atoms with E-state index in [1.165, 1.54) is 0 Å². The van der Waals surface area contributed by atoms with Crippen molar-refractivity contribution in [3.8, 4) is 12.1 Å². The van der Waals surface area contributed by atoms with Gasteiger partial charge >= 0.3 is 12.1 Å². The molecule has 4 heterocycles. The van der Waals surface area contributed by atoms with Crippen LogP contribution >= 0.6 is 11.6 Å². The molecule has 3 aliphatic heterocycles. The number of hydrogen-bond acceptors (Lipinski definition) is 10. The zero-order chi connectivity index (χ0) is 36.5. The van der Waals surface area contributed by atoms with Crippen LogP contribution in [-0.2, 0) is 24.3 Å². The Balaban J connectivity index is 1.06. The number of hydrogen-bond donors (Lipinski definition) is 0. The summed E-state index contributed by atoms with van der Waals surface area (Å²) in [5, 5.41) is 12.7. The second-order valence-electron chi connectivity index (χ2n) is 15.1. The molecule has 3 fully saturated rings. The van der Waals surface area contributed by atoms with Crippen LogP contribution in [0.15, 0.2) is 66.7 Å². The van der Waals surface area contributed by atoms with Gasteiger partial charge in [-0.15, -0.1) is 0 Å². The van der Waals surface area contributed by atoms with Crippen LogP contribution in [0.5, 0.6) is 6.01 Å².